The van der Waals surface area contributed by atoms with Crippen LogP contribution >= 0.6 is 24.0 Å². The molecule has 5 nitrogen and oxygen atoms in total. The average Bonchev–Trinajstić information content (AvgIpc) is 2.59. The smallest absolute Gasteiger partial charge is 0.239 e. The van der Waals surface area contributed by atoms with Crippen molar-refractivity contribution < 1.29 is 14.3 Å². The first-order chi connectivity index (χ1) is 11.1. The second kappa shape index (κ2) is 10.8. The molecule has 136 valence electrons. The van der Waals surface area contributed by atoms with Crippen LogP contribution in [0.15, 0.2) is 24.3 Å². The molecule has 0 radical (unpaired) electrons. The van der Waals surface area contributed by atoms with Gasteiger partial charge in [-0.1, -0.05) is 11.6 Å². The van der Waals surface area contributed by atoms with E-state index in [-0.39, 0.29) is 24.2 Å². The number of carbonyl (C=O) groups excluding carboxylic acids is 1. The van der Waals surface area contributed by atoms with Crippen LogP contribution in [0.4, 0.5) is 0 Å². The van der Waals surface area contributed by atoms with E-state index in [2.05, 4.69) is 0 Å². The topological polar surface area (TPSA) is 64.8 Å². The Bertz CT molecular complexity index is 493. The van der Waals surface area contributed by atoms with Gasteiger partial charge in [0.2, 0.25) is 5.91 Å². The zero-order valence-electron chi connectivity index (χ0n) is 13.9. The lowest BCUT2D eigenvalue weighted by atomic mass is 9.91. The number of halogens is 2. The van der Waals surface area contributed by atoms with Crippen molar-refractivity contribution in [3.05, 3.63) is 29.3 Å². The van der Waals surface area contributed by atoms with Gasteiger partial charge >= 0.3 is 0 Å². The van der Waals surface area contributed by atoms with Gasteiger partial charge in [-0.25, -0.2) is 0 Å². The molecule has 1 atom stereocenters. The maximum absolute atomic E-state index is 12.3. The van der Waals surface area contributed by atoms with Gasteiger partial charge in [0.25, 0.3) is 0 Å². The van der Waals surface area contributed by atoms with E-state index in [0.717, 1.165) is 25.0 Å². The lowest BCUT2D eigenvalue weighted by molar-refractivity contribution is -0.133. The molecule has 1 aromatic rings. The molecule has 0 saturated carbocycles. The number of hydrogen-bond acceptors (Lipinski definition) is 4. The minimum absolute atomic E-state index is 0. The standard InChI is InChI=1S/C17H25ClN2O3.ClH/c1-20(17(21)16(19)13-7-11-22-12-8-13)9-2-10-23-15-5-3-14(18)4-6-15;/h3-6,13,16H,2,7-12,19H2,1H3;1H. The van der Waals surface area contributed by atoms with Gasteiger partial charge in [-0.2, -0.15) is 0 Å². The first-order valence-electron chi connectivity index (χ1n) is 8.04. The number of hydrogen-bond donors (Lipinski definition) is 1. The van der Waals surface area contributed by atoms with E-state index >= 15 is 0 Å². The summed E-state index contributed by atoms with van der Waals surface area (Å²) in [6.45, 7) is 2.57. The Morgan fingerprint density at radius 3 is 2.62 bits per heavy atom. The number of nitrogens with two attached hydrogens (primary N) is 1. The molecular weight excluding hydrogens is 351 g/mol. The van der Waals surface area contributed by atoms with E-state index < -0.39 is 6.04 Å². The zero-order chi connectivity index (χ0) is 16.7. The summed E-state index contributed by atoms with van der Waals surface area (Å²) in [4.78, 5) is 14.0. The summed E-state index contributed by atoms with van der Waals surface area (Å²) in [6.07, 6.45) is 2.48. The van der Waals surface area contributed by atoms with Crippen LogP contribution in [0.25, 0.3) is 0 Å². The van der Waals surface area contributed by atoms with Gasteiger partial charge in [-0.15, -0.1) is 12.4 Å². The monoisotopic (exact) mass is 376 g/mol. The SMILES string of the molecule is CN(CCCOc1ccc(Cl)cc1)C(=O)C(N)C1CCOCC1.Cl. The fraction of sp³-hybridized carbons (Fsp3) is 0.588. The van der Waals surface area contributed by atoms with Crippen molar-refractivity contribution in [1.82, 2.24) is 4.90 Å². The second-order valence-corrected chi connectivity index (χ2v) is 6.33. The van der Waals surface area contributed by atoms with Gasteiger partial charge < -0.3 is 20.1 Å². The number of ether oxygens (including phenoxy) is 2. The lowest BCUT2D eigenvalue weighted by Crippen LogP contribution is -2.48. The summed E-state index contributed by atoms with van der Waals surface area (Å²) in [5.41, 5.74) is 6.11. The third kappa shape index (κ3) is 6.48. The highest BCUT2D eigenvalue weighted by molar-refractivity contribution is 6.30. The normalized spacial score (nSPS) is 16.1. The molecule has 1 aliphatic rings. The van der Waals surface area contributed by atoms with Gasteiger partial charge in [0, 0.05) is 31.8 Å². The predicted octanol–water partition coefficient (Wildman–Crippen LogP) is 2.74. The number of nitrogens with zero attached hydrogens (tertiary/aromatic N) is 1. The molecular formula is C17H26Cl2N2O3. The quantitative estimate of drug-likeness (QED) is 0.743. The largest absolute Gasteiger partial charge is 0.494 e. The highest BCUT2D eigenvalue weighted by Crippen LogP contribution is 2.19. The Morgan fingerprint density at radius 2 is 2.00 bits per heavy atom. The van der Waals surface area contributed by atoms with Crippen LogP contribution in [0.2, 0.25) is 5.02 Å². The second-order valence-electron chi connectivity index (χ2n) is 5.89. The van der Waals surface area contributed by atoms with Crippen molar-refractivity contribution in [3.63, 3.8) is 0 Å². The number of likely N-dealkylation sites (N-methyl/N-ethyl adjacent to an activating group) is 1. The highest BCUT2D eigenvalue weighted by atomic mass is 35.5. The van der Waals surface area contributed by atoms with Crippen molar-refractivity contribution in [2.75, 3.05) is 33.4 Å². The van der Waals surface area contributed by atoms with Gasteiger partial charge in [-0.05, 0) is 49.4 Å². The van der Waals surface area contributed by atoms with E-state index in [1.54, 1.807) is 24.1 Å². The van der Waals surface area contributed by atoms with E-state index in [1.165, 1.54) is 0 Å². The number of benzene rings is 1. The number of amides is 1. The van der Waals surface area contributed by atoms with Crippen molar-refractivity contribution in [2.24, 2.45) is 11.7 Å². The fourth-order valence-electron chi connectivity index (χ4n) is 2.66. The molecule has 0 aliphatic carbocycles. The first kappa shape index (κ1) is 21.0. The van der Waals surface area contributed by atoms with Gasteiger partial charge in [0.05, 0.1) is 12.6 Å². The molecule has 0 bridgehead atoms. The maximum atomic E-state index is 12.3. The summed E-state index contributed by atoms with van der Waals surface area (Å²) < 4.78 is 10.9. The molecule has 1 fully saturated rings. The molecule has 0 aromatic heterocycles. The lowest BCUT2D eigenvalue weighted by Gasteiger charge is -2.29. The molecule has 1 saturated heterocycles. The molecule has 1 aromatic carbocycles. The van der Waals surface area contributed by atoms with Gasteiger partial charge in [0.1, 0.15) is 5.75 Å². The summed E-state index contributed by atoms with van der Waals surface area (Å²) >= 11 is 5.82. The molecule has 0 spiro atoms. The van der Waals surface area contributed by atoms with Gasteiger partial charge in [0.15, 0.2) is 0 Å². The molecule has 1 amide bonds. The van der Waals surface area contributed by atoms with Crippen molar-refractivity contribution in [1.29, 1.82) is 0 Å². The Labute approximate surface area is 154 Å². The van der Waals surface area contributed by atoms with Crippen molar-refractivity contribution in [2.45, 2.75) is 25.3 Å². The van der Waals surface area contributed by atoms with Crippen LogP contribution in [0.3, 0.4) is 0 Å². The molecule has 24 heavy (non-hydrogen) atoms. The molecule has 2 N–H and O–H groups in total. The minimum atomic E-state index is -0.430. The Kier molecular flexibility index (Phi) is 9.44. The van der Waals surface area contributed by atoms with Crippen LogP contribution in [-0.2, 0) is 9.53 Å². The maximum Gasteiger partial charge on any atom is 0.239 e. The van der Waals surface area contributed by atoms with Crippen LogP contribution < -0.4 is 10.5 Å². The third-order valence-electron chi connectivity index (χ3n) is 4.16. The summed E-state index contributed by atoms with van der Waals surface area (Å²) in [6, 6.07) is 6.82. The summed E-state index contributed by atoms with van der Waals surface area (Å²) in [5, 5.41) is 0.685. The Balaban J connectivity index is 0.00000288. The van der Waals surface area contributed by atoms with Crippen LogP contribution in [0.5, 0.6) is 5.75 Å². The molecule has 7 heteroatoms. The van der Waals surface area contributed by atoms with E-state index in [1.807, 2.05) is 12.1 Å². The molecule has 1 unspecified atom stereocenters. The molecule has 1 heterocycles. The zero-order valence-corrected chi connectivity index (χ0v) is 15.5. The summed E-state index contributed by atoms with van der Waals surface area (Å²) in [5.74, 6) is 1.01. The molecule has 2 rings (SSSR count). The Hall–Kier alpha value is -1.01. The predicted molar refractivity (Wildman–Crippen MR) is 98.0 cm³/mol. The molecule has 1 aliphatic heterocycles. The van der Waals surface area contributed by atoms with E-state index in [0.29, 0.717) is 31.4 Å². The average molecular weight is 377 g/mol. The number of rotatable bonds is 7. The fourth-order valence-corrected chi connectivity index (χ4v) is 2.79. The van der Waals surface area contributed by atoms with E-state index in [9.17, 15) is 4.79 Å². The highest BCUT2D eigenvalue weighted by Gasteiger charge is 2.28. The minimum Gasteiger partial charge on any atom is -0.494 e. The number of carbonyl (C=O) groups is 1. The van der Waals surface area contributed by atoms with Crippen LogP contribution in [0, 0.1) is 5.92 Å². The van der Waals surface area contributed by atoms with E-state index in [4.69, 9.17) is 26.8 Å². The van der Waals surface area contributed by atoms with Crippen molar-refractivity contribution in [3.8, 4) is 5.75 Å². The Morgan fingerprint density at radius 1 is 1.38 bits per heavy atom. The summed E-state index contributed by atoms with van der Waals surface area (Å²) in [7, 11) is 1.80. The van der Waals surface area contributed by atoms with Crippen molar-refractivity contribution >= 4 is 29.9 Å². The van der Waals surface area contributed by atoms with Crippen LogP contribution in [-0.4, -0.2) is 50.3 Å². The third-order valence-corrected chi connectivity index (χ3v) is 4.41. The van der Waals surface area contributed by atoms with Crippen LogP contribution in [0.1, 0.15) is 19.3 Å². The van der Waals surface area contributed by atoms with Gasteiger partial charge in [-0.3, -0.25) is 4.79 Å². The first-order valence-corrected chi connectivity index (χ1v) is 8.42.